The molecule has 1 rings (SSSR count). The van der Waals surface area contributed by atoms with Gasteiger partial charge in [0.15, 0.2) is 0 Å². The Morgan fingerprint density at radius 2 is 1.88 bits per heavy atom. The second kappa shape index (κ2) is 4.72. The van der Waals surface area contributed by atoms with Crippen molar-refractivity contribution in [2.24, 2.45) is 0 Å². The van der Waals surface area contributed by atoms with Crippen LogP contribution in [0.4, 0.5) is 22.0 Å². The van der Waals surface area contributed by atoms with E-state index in [0.717, 1.165) is 14.0 Å². The van der Waals surface area contributed by atoms with Crippen LogP contribution in [0.1, 0.15) is 17.6 Å². The number of ether oxygens (including phenoxy) is 2. The van der Waals surface area contributed by atoms with Gasteiger partial charge in [-0.1, -0.05) is 0 Å². The maximum absolute atomic E-state index is 12.5. The Bertz CT molecular complexity index is 405. The Balaban J connectivity index is 3.30. The standard InChI is InChI=1S/C9H8F5NO2/c1-4-6(17-9(12,13)14)5(7(10)11)3-15-8(4)16-2/h3,7H,1-2H3. The molecule has 96 valence electrons. The molecule has 3 nitrogen and oxygen atoms in total. The molecule has 1 heterocycles. The van der Waals surface area contributed by atoms with Crippen molar-refractivity contribution in [1.29, 1.82) is 0 Å². The molecule has 0 bridgehead atoms. The predicted octanol–water partition coefficient (Wildman–Crippen LogP) is 3.23. The first-order valence-corrected chi connectivity index (χ1v) is 4.33. The number of methoxy groups -OCH3 is 1. The molecular formula is C9H8F5NO2. The third-order valence-corrected chi connectivity index (χ3v) is 1.89. The fourth-order valence-corrected chi connectivity index (χ4v) is 1.21. The highest BCUT2D eigenvalue weighted by Crippen LogP contribution is 2.38. The summed E-state index contributed by atoms with van der Waals surface area (Å²) in [5.41, 5.74) is -1.16. The number of halogens is 5. The summed E-state index contributed by atoms with van der Waals surface area (Å²) in [7, 11) is 1.16. The Morgan fingerprint density at radius 1 is 1.29 bits per heavy atom. The number of aromatic nitrogens is 1. The third kappa shape index (κ3) is 3.18. The minimum Gasteiger partial charge on any atom is -0.481 e. The molecule has 0 spiro atoms. The van der Waals surface area contributed by atoms with E-state index in [-0.39, 0.29) is 11.4 Å². The van der Waals surface area contributed by atoms with Gasteiger partial charge in [-0.15, -0.1) is 13.2 Å². The van der Waals surface area contributed by atoms with Gasteiger partial charge in [-0.05, 0) is 6.92 Å². The molecule has 0 aliphatic rings. The van der Waals surface area contributed by atoms with Crippen LogP contribution < -0.4 is 9.47 Å². The van der Waals surface area contributed by atoms with Gasteiger partial charge in [-0.2, -0.15) is 0 Å². The molecule has 1 aromatic rings. The Labute approximate surface area is 93.2 Å². The summed E-state index contributed by atoms with van der Waals surface area (Å²) >= 11 is 0. The summed E-state index contributed by atoms with van der Waals surface area (Å²) in [6.45, 7) is 1.15. The fraction of sp³-hybridized carbons (Fsp3) is 0.444. The Hall–Kier alpha value is -1.60. The molecule has 0 N–H and O–H groups in total. The van der Waals surface area contributed by atoms with Gasteiger partial charge in [0.25, 0.3) is 6.43 Å². The van der Waals surface area contributed by atoms with Crippen molar-refractivity contribution < 1.29 is 31.4 Å². The molecule has 0 aliphatic heterocycles. The maximum atomic E-state index is 12.5. The smallest absolute Gasteiger partial charge is 0.481 e. The van der Waals surface area contributed by atoms with Crippen molar-refractivity contribution in [3.05, 3.63) is 17.3 Å². The highest BCUT2D eigenvalue weighted by molar-refractivity contribution is 5.45. The number of hydrogen-bond donors (Lipinski definition) is 0. The van der Waals surface area contributed by atoms with E-state index in [4.69, 9.17) is 0 Å². The van der Waals surface area contributed by atoms with Crippen LogP contribution in [0.5, 0.6) is 11.6 Å². The average Bonchev–Trinajstić information content (AvgIpc) is 2.18. The van der Waals surface area contributed by atoms with E-state index in [0.29, 0.717) is 6.20 Å². The molecule has 0 saturated heterocycles. The van der Waals surface area contributed by atoms with Crippen LogP contribution in [0.2, 0.25) is 0 Å². The number of pyridine rings is 1. The first-order valence-electron chi connectivity index (χ1n) is 4.33. The second-order valence-corrected chi connectivity index (χ2v) is 3.03. The van der Waals surface area contributed by atoms with E-state index >= 15 is 0 Å². The minimum atomic E-state index is -5.05. The molecule has 1 aromatic heterocycles. The molecule has 0 radical (unpaired) electrons. The first kappa shape index (κ1) is 13.5. The van der Waals surface area contributed by atoms with Crippen molar-refractivity contribution in [3.8, 4) is 11.6 Å². The lowest BCUT2D eigenvalue weighted by atomic mass is 10.2. The van der Waals surface area contributed by atoms with Gasteiger partial charge in [0, 0.05) is 6.20 Å². The van der Waals surface area contributed by atoms with E-state index in [1.807, 2.05) is 0 Å². The van der Waals surface area contributed by atoms with Gasteiger partial charge < -0.3 is 9.47 Å². The van der Waals surface area contributed by atoms with Crippen LogP contribution in [-0.2, 0) is 0 Å². The molecule has 8 heteroatoms. The summed E-state index contributed by atoms with van der Waals surface area (Å²) in [4.78, 5) is 3.46. The van der Waals surface area contributed by atoms with E-state index in [9.17, 15) is 22.0 Å². The van der Waals surface area contributed by atoms with Crippen LogP contribution in [0.15, 0.2) is 6.20 Å². The van der Waals surface area contributed by atoms with E-state index < -0.39 is 24.1 Å². The van der Waals surface area contributed by atoms with Gasteiger partial charge >= 0.3 is 6.36 Å². The Morgan fingerprint density at radius 3 is 2.29 bits per heavy atom. The zero-order valence-corrected chi connectivity index (χ0v) is 8.81. The topological polar surface area (TPSA) is 31.4 Å². The molecule has 0 saturated carbocycles. The lowest BCUT2D eigenvalue weighted by Gasteiger charge is -2.16. The van der Waals surface area contributed by atoms with Crippen LogP contribution >= 0.6 is 0 Å². The summed E-state index contributed by atoms with van der Waals surface area (Å²) in [5.74, 6) is -1.17. The van der Waals surface area contributed by atoms with Crippen LogP contribution in [0, 0.1) is 6.92 Å². The molecule has 0 unspecified atom stereocenters. The summed E-state index contributed by atoms with van der Waals surface area (Å²) in [6, 6.07) is 0. The number of rotatable bonds is 3. The summed E-state index contributed by atoms with van der Waals surface area (Å²) in [6.07, 6.45) is -7.58. The molecule has 0 amide bonds. The lowest BCUT2D eigenvalue weighted by molar-refractivity contribution is -0.275. The molecule has 17 heavy (non-hydrogen) atoms. The Kier molecular flexibility index (Phi) is 3.74. The van der Waals surface area contributed by atoms with Crippen LogP contribution in [-0.4, -0.2) is 18.5 Å². The average molecular weight is 257 g/mol. The van der Waals surface area contributed by atoms with Gasteiger partial charge in [-0.25, -0.2) is 13.8 Å². The van der Waals surface area contributed by atoms with E-state index in [1.54, 1.807) is 0 Å². The van der Waals surface area contributed by atoms with Gasteiger partial charge in [0.05, 0.1) is 18.2 Å². The first-order chi connectivity index (χ1) is 7.76. The lowest BCUT2D eigenvalue weighted by Crippen LogP contribution is -2.19. The van der Waals surface area contributed by atoms with Gasteiger partial charge in [0.1, 0.15) is 5.75 Å². The normalized spacial score (nSPS) is 11.8. The predicted molar refractivity (Wildman–Crippen MR) is 47.2 cm³/mol. The highest BCUT2D eigenvalue weighted by Gasteiger charge is 2.35. The maximum Gasteiger partial charge on any atom is 0.573 e. The number of hydrogen-bond acceptors (Lipinski definition) is 3. The largest absolute Gasteiger partial charge is 0.573 e. The van der Waals surface area contributed by atoms with Crippen molar-refractivity contribution in [1.82, 2.24) is 4.98 Å². The third-order valence-electron chi connectivity index (χ3n) is 1.89. The van der Waals surface area contributed by atoms with Crippen molar-refractivity contribution in [3.63, 3.8) is 0 Å². The zero-order chi connectivity index (χ0) is 13.2. The summed E-state index contributed by atoms with van der Waals surface area (Å²) in [5, 5.41) is 0. The van der Waals surface area contributed by atoms with Gasteiger partial charge in [-0.3, -0.25) is 0 Å². The highest BCUT2D eigenvalue weighted by atomic mass is 19.4. The summed E-state index contributed by atoms with van der Waals surface area (Å²) < 4.78 is 69.4. The molecule has 0 atom stereocenters. The molecular weight excluding hydrogens is 249 g/mol. The quantitative estimate of drug-likeness (QED) is 0.779. The number of nitrogens with zero attached hydrogens (tertiary/aromatic N) is 1. The fourth-order valence-electron chi connectivity index (χ4n) is 1.21. The van der Waals surface area contributed by atoms with Crippen molar-refractivity contribution >= 4 is 0 Å². The van der Waals surface area contributed by atoms with E-state index in [2.05, 4.69) is 14.5 Å². The van der Waals surface area contributed by atoms with Crippen molar-refractivity contribution in [2.75, 3.05) is 7.11 Å². The van der Waals surface area contributed by atoms with Crippen LogP contribution in [0.25, 0.3) is 0 Å². The molecule has 0 aliphatic carbocycles. The second-order valence-electron chi connectivity index (χ2n) is 3.03. The zero-order valence-electron chi connectivity index (χ0n) is 8.81. The minimum absolute atomic E-state index is 0.200. The molecule has 0 fully saturated rings. The SMILES string of the molecule is COc1ncc(C(F)F)c(OC(F)(F)F)c1C. The number of alkyl halides is 5. The van der Waals surface area contributed by atoms with Crippen molar-refractivity contribution in [2.45, 2.75) is 19.7 Å². The van der Waals surface area contributed by atoms with Gasteiger partial charge in [0.2, 0.25) is 5.88 Å². The molecule has 0 aromatic carbocycles. The monoisotopic (exact) mass is 257 g/mol. The van der Waals surface area contributed by atoms with E-state index in [1.165, 1.54) is 0 Å². The van der Waals surface area contributed by atoms with Crippen LogP contribution in [0.3, 0.4) is 0 Å².